The molecule has 0 saturated heterocycles. The van der Waals surface area contributed by atoms with Gasteiger partial charge in [0, 0.05) is 19.2 Å². The summed E-state index contributed by atoms with van der Waals surface area (Å²) in [6, 6.07) is 8.08. The summed E-state index contributed by atoms with van der Waals surface area (Å²) < 4.78 is 13.6. The number of halogens is 1. The van der Waals surface area contributed by atoms with Crippen molar-refractivity contribution < 1.29 is 9.18 Å². The number of carbonyl (C=O) groups excluding carboxylic acids is 1. The van der Waals surface area contributed by atoms with Crippen LogP contribution in [-0.2, 0) is 11.3 Å². The predicted octanol–water partition coefficient (Wildman–Crippen LogP) is 2.87. The second-order valence-corrected chi connectivity index (χ2v) is 7.00. The Hall–Kier alpha value is -2.19. The van der Waals surface area contributed by atoms with Crippen LogP contribution in [0.25, 0.3) is 10.2 Å². The number of amides is 1. The van der Waals surface area contributed by atoms with Gasteiger partial charge in [-0.3, -0.25) is 9.59 Å². The molecule has 0 aliphatic heterocycles. The molecule has 124 valence electrons. The van der Waals surface area contributed by atoms with Crippen molar-refractivity contribution in [2.75, 3.05) is 12.8 Å². The van der Waals surface area contributed by atoms with Gasteiger partial charge in [0.2, 0.25) is 5.91 Å². The molecule has 3 aromatic rings. The Labute approximate surface area is 145 Å². The van der Waals surface area contributed by atoms with Crippen molar-refractivity contribution >= 4 is 39.2 Å². The number of aromatic amines is 1. The normalized spacial score (nSPS) is 10.9. The largest absolute Gasteiger partial charge is 0.341 e. The Balaban J connectivity index is 1.63. The van der Waals surface area contributed by atoms with Gasteiger partial charge in [0.05, 0.1) is 11.1 Å². The molecule has 5 nitrogen and oxygen atoms in total. The minimum atomic E-state index is -0.334. The van der Waals surface area contributed by atoms with Crippen molar-refractivity contribution in [2.24, 2.45) is 0 Å². The maximum absolute atomic E-state index is 13.6. The van der Waals surface area contributed by atoms with Gasteiger partial charge in [-0.15, -0.1) is 11.3 Å². The molecule has 2 heterocycles. The summed E-state index contributed by atoms with van der Waals surface area (Å²) >= 11 is 2.54. The molecule has 1 N–H and O–H groups in total. The zero-order valence-corrected chi connectivity index (χ0v) is 14.4. The number of aromatic nitrogens is 2. The maximum atomic E-state index is 13.6. The minimum Gasteiger partial charge on any atom is -0.341 e. The molecule has 0 spiro atoms. The highest BCUT2D eigenvalue weighted by atomic mass is 32.2. The fraction of sp³-hybridized carbons (Fsp3) is 0.188. The maximum Gasteiger partial charge on any atom is 0.260 e. The number of nitrogens with one attached hydrogen (secondary N) is 1. The quantitative estimate of drug-likeness (QED) is 0.559. The van der Waals surface area contributed by atoms with Crippen molar-refractivity contribution in [1.29, 1.82) is 0 Å². The van der Waals surface area contributed by atoms with E-state index in [1.165, 1.54) is 22.3 Å². The average Bonchev–Trinajstić information content (AvgIpc) is 3.04. The number of benzene rings is 1. The van der Waals surface area contributed by atoms with Crippen molar-refractivity contribution in [3.05, 3.63) is 57.4 Å². The van der Waals surface area contributed by atoms with Gasteiger partial charge in [-0.1, -0.05) is 30.0 Å². The van der Waals surface area contributed by atoms with Crippen molar-refractivity contribution in [3.63, 3.8) is 0 Å². The average molecular weight is 363 g/mol. The van der Waals surface area contributed by atoms with E-state index in [1.807, 2.05) is 0 Å². The third-order valence-corrected chi connectivity index (χ3v) is 5.10. The molecule has 0 unspecified atom stereocenters. The van der Waals surface area contributed by atoms with Crippen LogP contribution in [0.1, 0.15) is 5.56 Å². The number of thioether (sulfide) groups is 1. The smallest absolute Gasteiger partial charge is 0.260 e. The summed E-state index contributed by atoms with van der Waals surface area (Å²) in [5.74, 6) is -0.388. The summed E-state index contributed by atoms with van der Waals surface area (Å²) in [4.78, 5) is 33.2. The number of hydrogen-bond donors (Lipinski definition) is 1. The van der Waals surface area contributed by atoms with Crippen LogP contribution >= 0.6 is 23.1 Å². The minimum absolute atomic E-state index is 0.116. The first-order valence-electron chi connectivity index (χ1n) is 7.12. The molecule has 0 aliphatic rings. The first-order valence-corrected chi connectivity index (χ1v) is 8.99. The van der Waals surface area contributed by atoms with E-state index in [1.54, 1.807) is 36.7 Å². The predicted molar refractivity (Wildman–Crippen MR) is 93.8 cm³/mol. The lowest BCUT2D eigenvalue weighted by Crippen LogP contribution is -2.28. The molecule has 0 bridgehead atoms. The van der Waals surface area contributed by atoms with Gasteiger partial charge in [-0.25, -0.2) is 9.37 Å². The second kappa shape index (κ2) is 7.14. The van der Waals surface area contributed by atoms with Crippen LogP contribution in [0, 0.1) is 5.82 Å². The lowest BCUT2D eigenvalue weighted by Gasteiger charge is -2.17. The molecule has 3 rings (SSSR count). The van der Waals surface area contributed by atoms with Gasteiger partial charge in [-0.2, -0.15) is 0 Å². The van der Waals surface area contributed by atoms with Crippen LogP contribution in [0.3, 0.4) is 0 Å². The zero-order chi connectivity index (χ0) is 17.1. The van der Waals surface area contributed by atoms with Gasteiger partial charge in [-0.05, 0) is 17.5 Å². The molecule has 0 fully saturated rings. The molecule has 1 aromatic carbocycles. The van der Waals surface area contributed by atoms with E-state index in [2.05, 4.69) is 9.97 Å². The van der Waals surface area contributed by atoms with E-state index in [0.29, 0.717) is 20.9 Å². The van der Waals surface area contributed by atoms with E-state index >= 15 is 0 Å². The Morgan fingerprint density at radius 3 is 2.96 bits per heavy atom. The summed E-state index contributed by atoms with van der Waals surface area (Å²) in [6.07, 6.45) is 0. The van der Waals surface area contributed by atoms with Crippen LogP contribution in [0.5, 0.6) is 0 Å². The summed E-state index contributed by atoms with van der Waals surface area (Å²) in [5.41, 5.74) is 0.251. The van der Waals surface area contributed by atoms with Crippen LogP contribution in [-0.4, -0.2) is 33.6 Å². The Morgan fingerprint density at radius 2 is 2.17 bits per heavy atom. The number of hydrogen-bond acceptors (Lipinski definition) is 5. The van der Waals surface area contributed by atoms with Gasteiger partial charge in [0.25, 0.3) is 5.56 Å². The Kier molecular flexibility index (Phi) is 4.96. The number of thiophene rings is 1. The van der Waals surface area contributed by atoms with Crippen LogP contribution in [0.15, 0.2) is 45.7 Å². The molecule has 2 aromatic heterocycles. The standard InChI is InChI=1S/C16H14FN3O2S2/c1-20(8-10-4-2-3-5-12(10)17)13(21)9-24-16-18-14(22)11-6-7-23-15(11)19-16/h2-7H,8-9H2,1H3,(H,18,19,22). The Bertz CT molecular complexity index is 938. The molecule has 0 aliphatic carbocycles. The van der Waals surface area contributed by atoms with Crippen LogP contribution in [0.4, 0.5) is 4.39 Å². The van der Waals surface area contributed by atoms with Gasteiger partial charge >= 0.3 is 0 Å². The van der Waals surface area contributed by atoms with E-state index in [0.717, 1.165) is 11.8 Å². The van der Waals surface area contributed by atoms with Gasteiger partial charge in [0.15, 0.2) is 5.16 Å². The highest BCUT2D eigenvalue weighted by Gasteiger charge is 2.13. The fourth-order valence-corrected chi connectivity index (χ4v) is 3.75. The first kappa shape index (κ1) is 16.7. The van der Waals surface area contributed by atoms with Crippen molar-refractivity contribution in [2.45, 2.75) is 11.7 Å². The van der Waals surface area contributed by atoms with E-state index < -0.39 is 0 Å². The zero-order valence-electron chi connectivity index (χ0n) is 12.8. The number of H-pyrrole nitrogens is 1. The fourth-order valence-electron chi connectivity index (χ4n) is 2.12. The summed E-state index contributed by atoms with van der Waals surface area (Å²) in [6.45, 7) is 0.194. The highest BCUT2D eigenvalue weighted by molar-refractivity contribution is 7.99. The lowest BCUT2D eigenvalue weighted by molar-refractivity contribution is -0.127. The van der Waals surface area contributed by atoms with Crippen molar-refractivity contribution in [3.8, 4) is 0 Å². The number of nitrogens with zero attached hydrogens (tertiary/aromatic N) is 2. The number of fused-ring (bicyclic) bond motifs is 1. The first-order chi connectivity index (χ1) is 11.5. The molecule has 24 heavy (non-hydrogen) atoms. The lowest BCUT2D eigenvalue weighted by atomic mass is 10.2. The SMILES string of the molecule is CN(Cc1ccccc1F)C(=O)CSc1nc2sccc2c(=O)[nH]1. The van der Waals surface area contributed by atoms with Gasteiger partial charge in [0.1, 0.15) is 10.6 Å². The van der Waals surface area contributed by atoms with E-state index in [9.17, 15) is 14.0 Å². The molecule has 0 radical (unpaired) electrons. The molecule has 1 amide bonds. The second-order valence-electron chi connectivity index (χ2n) is 5.14. The van der Waals surface area contributed by atoms with Crippen LogP contribution < -0.4 is 5.56 Å². The monoisotopic (exact) mass is 363 g/mol. The molecular weight excluding hydrogens is 349 g/mol. The van der Waals surface area contributed by atoms with Crippen molar-refractivity contribution in [1.82, 2.24) is 14.9 Å². The third-order valence-electron chi connectivity index (χ3n) is 3.44. The van der Waals surface area contributed by atoms with Gasteiger partial charge < -0.3 is 9.88 Å². The molecule has 0 atom stereocenters. The number of carbonyl (C=O) groups is 1. The molecular formula is C16H14FN3O2S2. The third kappa shape index (κ3) is 3.65. The molecule has 8 heteroatoms. The van der Waals surface area contributed by atoms with Crippen LogP contribution in [0.2, 0.25) is 0 Å². The van der Waals surface area contributed by atoms with E-state index in [-0.39, 0.29) is 29.6 Å². The topological polar surface area (TPSA) is 66.1 Å². The Morgan fingerprint density at radius 1 is 1.38 bits per heavy atom. The highest BCUT2D eigenvalue weighted by Crippen LogP contribution is 2.19. The summed E-state index contributed by atoms with van der Waals surface area (Å²) in [7, 11) is 1.62. The molecule has 0 saturated carbocycles. The number of rotatable bonds is 5. The summed E-state index contributed by atoms with van der Waals surface area (Å²) in [5, 5.41) is 2.75. The van der Waals surface area contributed by atoms with E-state index in [4.69, 9.17) is 0 Å².